The van der Waals surface area contributed by atoms with Gasteiger partial charge in [-0.1, -0.05) is 28.1 Å². The lowest BCUT2D eigenvalue weighted by Gasteiger charge is -2.13. The molecule has 0 aliphatic rings. The van der Waals surface area contributed by atoms with Gasteiger partial charge < -0.3 is 0 Å². The first-order chi connectivity index (χ1) is 11.0. The minimum Gasteiger partial charge on any atom is -0.277 e. The predicted molar refractivity (Wildman–Crippen MR) is 91.0 cm³/mol. The SMILES string of the molecule is Cc1cc(S(=O)(=O)Nc2ccccc2-n2cncn2)ccc1Br. The van der Waals surface area contributed by atoms with Crippen LogP contribution in [0.3, 0.4) is 0 Å². The van der Waals surface area contributed by atoms with Crippen molar-refractivity contribution < 1.29 is 8.42 Å². The molecule has 0 fully saturated rings. The number of para-hydroxylation sites is 2. The molecule has 118 valence electrons. The Morgan fingerprint density at radius 2 is 1.96 bits per heavy atom. The van der Waals surface area contributed by atoms with Crippen molar-refractivity contribution in [1.82, 2.24) is 14.8 Å². The van der Waals surface area contributed by atoms with Crippen LogP contribution in [0.25, 0.3) is 5.69 Å². The molecule has 0 unspecified atom stereocenters. The molecular weight excluding hydrogens is 380 g/mol. The fourth-order valence-electron chi connectivity index (χ4n) is 2.08. The van der Waals surface area contributed by atoms with Crippen LogP contribution in [0.5, 0.6) is 0 Å². The van der Waals surface area contributed by atoms with Crippen molar-refractivity contribution in [2.75, 3.05) is 4.72 Å². The highest BCUT2D eigenvalue weighted by Gasteiger charge is 2.17. The summed E-state index contributed by atoms with van der Waals surface area (Å²) in [4.78, 5) is 4.09. The van der Waals surface area contributed by atoms with E-state index in [1.165, 1.54) is 17.3 Å². The Morgan fingerprint density at radius 1 is 1.17 bits per heavy atom. The lowest BCUT2D eigenvalue weighted by molar-refractivity contribution is 0.601. The van der Waals surface area contributed by atoms with E-state index in [-0.39, 0.29) is 4.90 Å². The summed E-state index contributed by atoms with van der Waals surface area (Å²) in [6.07, 6.45) is 2.90. The van der Waals surface area contributed by atoms with Gasteiger partial charge in [0.25, 0.3) is 10.0 Å². The molecule has 0 radical (unpaired) electrons. The zero-order valence-electron chi connectivity index (χ0n) is 12.1. The number of nitrogens with one attached hydrogen (secondary N) is 1. The smallest absolute Gasteiger partial charge is 0.261 e. The molecule has 2 aromatic carbocycles. The summed E-state index contributed by atoms with van der Waals surface area (Å²) in [5.74, 6) is 0. The van der Waals surface area contributed by atoms with Crippen LogP contribution in [-0.2, 0) is 10.0 Å². The number of aromatic nitrogens is 3. The van der Waals surface area contributed by atoms with E-state index in [0.29, 0.717) is 11.4 Å². The van der Waals surface area contributed by atoms with E-state index in [0.717, 1.165) is 10.0 Å². The van der Waals surface area contributed by atoms with E-state index in [4.69, 9.17) is 0 Å². The summed E-state index contributed by atoms with van der Waals surface area (Å²) >= 11 is 3.37. The molecule has 6 nitrogen and oxygen atoms in total. The Labute approximate surface area is 142 Å². The molecule has 0 saturated carbocycles. The van der Waals surface area contributed by atoms with Gasteiger partial charge in [0.05, 0.1) is 16.3 Å². The highest BCUT2D eigenvalue weighted by atomic mass is 79.9. The number of sulfonamides is 1. The number of benzene rings is 2. The summed E-state index contributed by atoms with van der Waals surface area (Å²) in [5.41, 5.74) is 1.87. The van der Waals surface area contributed by atoms with Gasteiger partial charge in [0.15, 0.2) is 0 Å². The minimum absolute atomic E-state index is 0.201. The molecule has 0 aliphatic heterocycles. The van der Waals surface area contributed by atoms with Crippen molar-refractivity contribution in [2.24, 2.45) is 0 Å². The largest absolute Gasteiger partial charge is 0.277 e. The van der Waals surface area contributed by atoms with Crippen molar-refractivity contribution in [3.8, 4) is 5.69 Å². The standard InChI is InChI=1S/C15H13BrN4O2S/c1-11-8-12(6-7-13(11)16)23(21,22)19-14-4-2-3-5-15(14)20-10-17-9-18-20/h2-10,19H,1H3. The van der Waals surface area contributed by atoms with Crippen molar-refractivity contribution >= 4 is 31.6 Å². The maximum Gasteiger partial charge on any atom is 0.261 e. The van der Waals surface area contributed by atoms with E-state index >= 15 is 0 Å². The second-order valence-corrected chi connectivity index (χ2v) is 7.41. The molecule has 3 rings (SSSR count). The van der Waals surface area contributed by atoms with E-state index in [9.17, 15) is 8.42 Å². The van der Waals surface area contributed by atoms with Crippen molar-refractivity contribution in [3.63, 3.8) is 0 Å². The fourth-order valence-corrected chi connectivity index (χ4v) is 3.49. The highest BCUT2D eigenvalue weighted by molar-refractivity contribution is 9.10. The van der Waals surface area contributed by atoms with Crippen LogP contribution in [0.15, 0.2) is 64.5 Å². The third-order valence-electron chi connectivity index (χ3n) is 3.25. The van der Waals surface area contributed by atoms with E-state index in [2.05, 4.69) is 30.7 Å². The van der Waals surface area contributed by atoms with Gasteiger partial charge in [0.2, 0.25) is 0 Å². The number of aryl methyl sites for hydroxylation is 1. The predicted octanol–water partition coefficient (Wildman–Crippen LogP) is 3.14. The Morgan fingerprint density at radius 3 is 2.65 bits per heavy atom. The number of halogens is 1. The number of rotatable bonds is 4. The Bertz CT molecular complexity index is 940. The third-order valence-corrected chi connectivity index (χ3v) is 5.51. The summed E-state index contributed by atoms with van der Waals surface area (Å²) in [5, 5.41) is 4.04. The van der Waals surface area contributed by atoms with Crippen LogP contribution in [-0.4, -0.2) is 23.2 Å². The number of anilines is 1. The highest BCUT2D eigenvalue weighted by Crippen LogP contribution is 2.25. The van der Waals surface area contributed by atoms with E-state index in [1.807, 2.05) is 6.92 Å². The van der Waals surface area contributed by atoms with Gasteiger partial charge in [0, 0.05) is 4.47 Å². The molecular formula is C15H13BrN4O2S. The van der Waals surface area contributed by atoms with Crippen molar-refractivity contribution in [1.29, 1.82) is 0 Å². The topological polar surface area (TPSA) is 76.9 Å². The quantitative estimate of drug-likeness (QED) is 0.739. The molecule has 0 spiro atoms. The Kier molecular flexibility index (Phi) is 4.18. The van der Waals surface area contributed by atoms with Gasteiger partial charge in [-0.15, -0.1) is 0 Å². The van der Waals surface area contributed by atoms with Crippen LogP contribution in [0.2, 0.25) is 0 Å². The van der Waals surface area contributed by atoms with Crippen molar-refractivity contribution in [3.05, 3.63) is 65.2 Å². The van der Waals surface area contributed by atoms with E-state index in [1.54, 1.807) is 42.5 Å². The van der Waals surface area contributed by atoms with Gasteiger partial charge in [-0.05, 0) is 42.8 Å². The van der Waals surface area contributed by atoms with Gasteiger partial charge >= 0.3 is 0 Å². The molecule has 1 N–H and O–H groups in total. The molecule has 0 amide bonds. The zero-order chi connectivity index (χ0) is 16.4. The minimum atomic E-state index is -3.70. The van der Waals surface area contributed by atoms with Gasteiger partial charge in [0.1, 0.15) is 12.7 Å². The first-order valence-electron chi connectivity index (χ1n) is 6.70. The van der Waals surface area contributed by atoms with E-state index < -0.39 is 10.0 Å². The molecule has 0 bridgehead atoms. The maximum atomic E-state index is 12.6. The zero-order valence-corrected chi connectivity index (χ0v) is 14.5. The first-order valence-corrected chi connectivity index (χ1v) is 8.98. The third kappa shape index (κ3) is 3.27. The molecule has 0 atom stereocenters. The average molecular weight is 393 g/mol. The summed E-state index contributed by atoms with van der Waals surface area (Å²) in [7, 11) is -3.70. The monoisotopic (exact) mass is 392 g/mol. The second kappa shape index (κ2) is 6.13. The lowest BCUT2D eigenvalue weighted by Crippen LogP contribution is -2.15. The Balaban J connectivity index is 2.00. The number of hydrogen-bond acceptors (Lipinski definition) is 4. The van der Waals surface area contributed by atoms with Crippen LogP contribution >= 0.6 is 15.9 Å². The Hall–Kier alpha value is -2.19. The normalized spacial score (nSPS) is 11.4. The summed E-state index contributed by atoms with van der Waals surface area (Å²) < 4.78 is 30.2. The van der Waals surface area contributed by atoms with Crippen LogP contribution in [0.1, 0.15) is 5.56 Å². The lowest BCUT2D eigenvalue weighted by atomic mass is 10.2. The maximum absolute atomic E-state index is 12.6. The van der Waals surface area contributed by atoms with Gasteiger partial charge in [-0.3, -0.25) is 4.72 Å². The van der Waals surface area contributed by atoms with Gasteiger partial charge in [-0.25, -0.2) is 18.1 Å². The summed E-state index contributed by atoms with van der Waals surface area (Å²) in [6.45, 7) is 1.84. The molecule has 1 heterocycles. The summed E-state index contributed by atoms with van der Waals surface area (Å²) in [6, 6.07) is 11.9. The van der Waals surface area contributed by atoms with Crippen LogP contribution in [0.4, 0.5) is 5.69 Å². The molecule has 3 aromatic rings. The van der Waals surface area contributed by atoms with Crippen LogP contribution in [0, 0.1) is 6.92 Å². The second-order valence-electron chi connectivity index (χ2n) is 4.87. The van der Waals surface area contributed by atoms with Gasteiger partial charge in [-0.2, -0.15) is 5.10 Å². The average Bonchev–Trinajstić information content (AvgIpc) is 3.04. The fraction of sp³-hybridized carbons (Fsp3) is 0.0667. The molecule has 0 aliphatic carbocycles. The molecule has 23 heavy (non-hydrogen) atoms. The molecule has 8 heteroatoms. The molecule has 1 aromatic heterocycles. The molecule has 0 saturated heterocycles. The number of hydrogen-bond donors (Lipinski definition) is 1. The van der Waals surface area contributed by atoms with Crippen LogP contribution < -0.4 is 4.72 Å². The number of nitrogens with zero attached hydrogens (tertiary/aromatic N) is 3. The van der Waals surface area contributed by atoms with Crippen molar-refractivity contribution in [2.45, 2.75) is 11.8 Å². The first kappa shape index (κ1) is 15.7.